The van der Waals surface area contributed by atoms with E-state index in [0.29, 0.717) is 19.5 Å². The van der Waals surface area contributed by atoms with Gasteiger partial charge in [-0.05, 0) is 31.0 Å². The topological polar surface area (TPSA) is 74.6 Å². The number of benzene rings is 1. The highest BCUT2D eigenvalue weighted by Crippen LogP contribution is 2.25. The summed E-state index contributed by atoms with van der Waals surface area (Å²) < 4.78 is 15.0. The maximum absolute atomic E-state index is 13.1. The second-order valence-corrected chi connectivity index (χ2v) is 7.48. The molecule has 3 aromatic rings. The Morgan fingerprint density at radius 1 is 1.25 bits per heavy atom. The van der Waals surface area contributed by atoms with Gasteiger partial charge in [-0.25, -0.2) is 24.7 Å². The van der Waals surface area contributed by atoms with Crippen LogP contribution in [0.3, 0.4) is 0 Å². The van der Waals surface area contributed by atoms with Gasteiger partial charge >= 0.3 is 0 Å². The third kappa shape index (κ3) is 2.94. The van der Waals surface area contributed by atoms with Crippen LogP contribution in [0.15, 0.2) is 36.5 Å². The number of carbonyl (C=O) groups is 1. The maximum atomic E-state index is 13.1. The van der Waals surface area contributed by atoms with Crippen LogP contribution >= 0.6 is 0 Å². The van der Waals surface area contributed by atoms with Gasteiger partial charge in [0.2, 0.25) is 5.91 Å². The first-order chi connectivity index (χ1) is 13.6. The first kappa shape index (κ1) is 17.3. The number of amides is 1. The number of aromatic nitrogens is 3. The third-order valence-corrected chi connectivity index (χ3v) is 5.56. The molecule has 2 aliphatic rings. The molecule has 1 fully saturated rings. The Balaban J connectivity index is 1.30. The van der Waals surface area contributed by atoms with E-state index in [2.05, 4.69) is 20.9 Å². The van der Waals surface area contributed by atoms with Crippen LogP contribution in [0.1, 0.15) is 35.0 Å². The lowest BCUT2D eigenvalue weighted by Gasteiger charge is -2.30. The minimum atomic E-state index is -0.305. The normalized spacial score (nSPS) is 21.9. The molecule has 1 aromatic carbocycles. The molecule has 1 amide bonds. The van der Waals surface area contributed by atoms with Gasteiger partial charge < -0.3 is 4.90 Å². The van der Waals surface area contributed by atoms with E-state index < -0.39 is 0 Å². The van der Waals surface area contributed by atoms with E-state index in [-0.39, 0.29) is 23.8 Å². The average molecular weight is 380 g/mol. The highest BCUT2D eigenvalue weighted by molar-refractivity contribution is 5.82. The third-order valence-electron chi connectivity index (χ3n) is 5.56. The van der Waals surface area contributed by atoms with E-state index in [1.807, 2.05) is 28.6 Å². The molecule has 2 unspecified atom stereocenters. The number of nitrogens with zero attached hydrogens (tertiary/aromatic N) is 4. The van der Waals surface area contributed by atoms with Gasteiger partial charge in [0.1, 0.15) is 11.9 Å². The van der Waals surface area contributed by atoms with E-state index in [4.69, 9.17) is 0 Å². The first-order valence-corrected chi connectivity index (χ1v) is 9.47. The number of nitrogens with one attached hydrogen (secondary N) is 2. The minimum Gasteiger partial charge on any atom is -0.336 e. The van der Waals surface area contributed by atoms with Crippen LogP contribution in [0.4, 0.5) is 4.39 Å². The molecule has 7 nitrogen and oxygen atoms in total. The summed E-state index contributed by atoms with van der Waals surface area (Å²) >= 11 is 0. The summed E-state index contributed by atoms with van der Waals surface area (Å²) in [6, 6.07) is 8.03. The molecule has 0 saturated carbocycles. The van der Waals surface area contributed by atoms with Gasteiger partial charge in [-0.3, -0.25) is 4.79 Å². The zero-order valence-corrected chi connectivity index (χ0v) is 15.5. The molecule has 2 N–H and O–H groups in total. The molecule has 1 saturated heterocycles. The predicted molar refractivity (Wildman–Crippen MR) is 101 cm³/mol. The first-order valence-electron chi connectivity index (χ1n) is 9.47. The van der Waals surface area contributed by atoms with Gasteiger partial charge in [-0.2, -0.15) is 5.10 Å². The quantitative estimate of drug-likeness (QED) is 0.708. The predicted octanol–water partition coefficient (Wildman–Crippen LogP) is 1.67. The zero-order valence-electron chi connectivity index (χ0n) is 15.5. The summed E-state index contributed by atoms with van der Waals surface area (Å²) in [7, 11) is 0. The highest BCUT2D eigenvalue weighted by atomic mass is 19.1. The smallest absolute Gasteiger partial charge is 0.241 e. The van der Waals surface area contributed by atoms with Crippen molar-refractivity contribution >= 4 is 11.6 Å². The highest BCUT2D eigenvalue weighted by Gasteiger charge is 2.34. The summed E-state index contributed by atoms with van der Waals surface area (Å²) in [5.41, 5.74) is 11.2. The van der Waals surface area contributed by atoms with Crippen molar-refractivity contribution in [1.29, 1.82) is 0 Å². The van der Waals surface area contributed by atoms with Crippen molar-refractivity contribution in [1.82, 2.24) is 30.3 Å². The SMILES string of the molecule is Cc1cc2ncc3c(n2n1)CCN(C(=O)C1CC(c2ccc(F)cc2)NN1)C3. The lowest BCUT2D eigenvalue weighted by Crippen LogP contribution is -2.47. The van der Waals surface area contributed by atoms with Crippen molar-refractivity contribution in [3.63, 3.8) is 0 Å². The second kappa shape index (κ2) is 6.65. The molecule has 2 aliphatic heterocycles. The molecule has 5 rings (SSSR count). The van der Waals surface area contributed by atoms with Crippen LogP contribution in [0, 0.1) is 12.7 Å². The van der Waals surface area contributed by atoms with Gasteiger partial charge in [-0.1, -0.05) is 12.1 Å². The van der Waals surface area contributed by atoms with Gasteiger partial charge in [0.15, 0.2) is 5.65 Å². The van der Waals surface area contributed by atoms with Crippen molar-refractivity contribution in [2.24, 2.45) is 0 Å². The van der Waals surface area contributed by atoms with Crippen molar-refractivity contribution in [2.75, 3.05) is 6.54 Å². The van der Waals surface area contributed by atoms with Gasteiger partial charge in [0.25, 0.3) is 0 Å². The van der Waals surface area contributed by atoms with Crippen LogP contribution in [-0.2, 0) is 17.8 Å². The summed E-state index contributed by atoms with van der Waals surface area (Å²) in [6.45, 7) is 3.15. The van der Waals surface area contributed by atoms with Crippen molar-refractivity contribution in [2.45, 2.75) is 38.4 Å². The molecule has 0 radical (unpaired) electrons. The van der Waals surface area contributed by atoms with Crippen molar-refractivity contribution < 1.29 is 9.18 Å². The molecule has 0 aliphatic carbocycles. The molecule has 144 valence electrons. The largest absolute Gasteiger partial charge is 0.336 e. The van der Waals surface area contributed by atoms with E-state index in [0.717, 1.165) is 34.6 Å². The van der Waals surface area contributed by atoms with Crippen LogP contribution < -0.4 is 10.9 Å². The minimum absolute atomic E-state index is 0.0139. The monoisotopic (exact) mass is 380 g/mol. The van der Waals surface area contributed by atoms with Gasteiger partial charge in [0.05, 0.1) is 11.4 Å². The van der Waals surface area contributed by atoms with Crippen LogP contribution in [0.2, 0.25) is 0 Å². The van der Waals surface area contributed by atoms with Crippen LogP contribution in [-0.4, -0.2) is 38.0 Å². The fourth-order valence-corrected chi connectivity index (χ4v) is 4.10. The molecule has 0 spiro atoms. The van der Waals surface area contributed by atoms with Crippen molar-refractivity contribution in [3.8, 4) is 0 Å². The van der Waals surface area contributed by atoms with E-state index in [9.17, 15) is 9.18 Å². The molecular formula is C20H21FN6O. The molecule has 0 bridgehead atoms. The molecular weight excluding hydrogens is 359 g/mol. The number of aryl methyl sites for hydroxylation is 1. The lowest BCUT2D eigenvalue weighted by molar-refractivity contribution is -0.134. The lowest BCUT2D eigenvalue weighted by atomic mass is 10.0. The number of fused-ring (bicyclic) bond motifs is 3. The Labute approximate surface area is 161 Å². The van der Waals surface area contributed by atoms with Crippen LogP contribution in [0.25, 0.3) is 5.65 Å². The van der Waals surface area contributed by atoms with E-state index in [1.165, 1.54) is 12.1 Å². The summed E-state index contributed by atoms with van der Waals surface area (Å²) in [6.07, 6.45) is 3.24. The Hall–Kier alpha value is -2.84. The number of carbonyl (C=O) groups excluding carboxylic acids is 1. The van der Waals surface area contributed by atoms with Gasteiger partial charge in [0, 0.05) is 43.4 Å². The van der Waals surface area contributed by atoms with Crippen molar-refractivity contribution in [3.05, 3.63) is 64.9 Å². The molecule has 2 atom stereocenters. The number of hydrazine groups is 1. The second-order valence-electron chi connectivity index (χ2n) is 7.48. The average Bonchev–Trinajstić information content (AvgIpc) is 3.34. The maximum Gasteiger partial charge on any atom is 0.241 e. The molecule has 2 aromatic heterocycles. The number of rotatable bonds is 2. The molecule has 4 heterocycles. The van der Waals surface area contributed by atoms with E-state index in [1.54, 1.807) is 12.1 Å². The summed E-state index contributed by atoms with van der Waals surface area (Å²) in [4.78, 5) is 19.4. The molecule has 28 heavy (non-hydrogen) atoms. The number of hydrogen-bond acceptors (Lipinski definition) is 5. The summed E-state index contributed by atoms with van der Waals surface area (Å²) in [5.74, 6) is -0.191. The standard InChI is InChI=1S/C20H21FN6O/c1-12-8-19-22-10-14-11-26(7-6-18(14)27(19)25-12)20(28)17-9-16(23-24-17)13-2-4-15(21)5-3-13/h2-5,8,10,16-17,23-24H,6-7,9,11H2,1H3. The van der Waals surface area contributed by atoms with Gasteiger partial charge in [-0.15, -0.1) is 0 Å². The Bertz CT molecular complexity index is 1050. The number of halogens is 1. The number of hydrogen-bond donors (Lipinski definition) is 2. The fraction of sp³-hybridized carbons (Fsp3) is 0.350. The Morgan fingerprint density at radius 2 is 2.07 bits per heavy atom. The van der Waals surface area contributed by atoms with E-state index >= 15 is 0 Å². The summed E-state index contributed by atoms with van der Waals surface area (Å²) in [5, 5.41) is 4.53. The fourth-order valence-electron chi connectivity index (χ4n) is 4.10. The zero-order chi connectivity index (χ0) is 19.3. The van der Waals surface area contributed by atoms with Crippen LogP contribution in [0.5, 0.6) is 0 Å². The Morgan fingerprint density at radius 3 is 2.89 bits per heavy atom. The molecule has 8 heteroatoms. The Kier molecular flexibility index (Phi) is 4.10.